The first-order valence-corrected chi connectivity index (χ1v) is 9.57. The van der Waals surface area contributed by atoms with Crippen LogP contribution in [-0.2, 0) is 27.3 Å². The molecule has 0 spiro atoms. The molecule has 0 bridgehead atoms. The van der Waals surface area contributed by atoms with Crippen molar-refractivity contribution in [3.8, 4) is 0 Å². The maximum Gasteiger partial charge on any atom is 0.347 e. The summed E-state index contributed by atoms with van der Waals surface area (Å²) in [6.45, 7) is 1.92. The highest BCUT2D eigenvalue weighted by Crippen LogP contribution is 2.31. The Hall–Kier alpha value is -2.50. The average Bonchev–Trinajstić information content (AvgIpc) is 2.90. The second-order valence-corrected chi connectivity index (χ2v) is 7.18. The Morgan fingerprint density at radius 3 is 2.46 bits per heavy atom. The number of rotatable bonds is 6. The van der Waals surface area contributed by atoms with E-state index in [4.69, 9.17) is 27.9 Å². The van der Waals surface area contributed by atoms with Gasteiger partial charge >= 0.3 is 5.97 Å². The molecule has 0 saturated heterocycles. The number of carbonyl (C=O) groups is 2. The predicted octanol–water partition coefficient (Wildman–Crippen LogP) is 4.32. The van der Waals surface area contributed by atoms with E-state index in [0.717, 1.165) is 11.1 Å². The van der Waals surface area contributed by atoms with Crippen molar-refractivity contribution in [2.24, 2.45) is 0 Å². The Morgan fingerprint density at radius 2 is 1.82 bits per heavy atom. The molecular weight excluding hydrogens is 401 g/mol. The minimum absolute atomic E-state index is 0.110. The van der Waals surface area contributed by atoms with Crippen LogP contribution in [0.2, 0.25) is 10.0 Å². The zero-order chi connectivity index (χ0) is 20.3. The first-order valence-electron chi connectivity index (χ1n) is 8.81. The van der Waals surface area contributed by atoms with Crippen molar-refractivity contribution < 1.29 is 19.4 Å². The smallest absolute Gasteiger partial charge is 0.347 e. The fourth-order valence-electron chi connectivity index (χ4n) is 3.16. The van der Waals surface area contributed by atoms with E-state index in [1.165, 1.54) is 4.90 Å². The number of carbonyl (C=O) groups excluding carboxylic acids is 2. The van der Waals surface area contributed by atoms with Crippen molar-refractivity contribution in [2.45, 2.75) is 25.9 Å². The van der Waals surface area contributed by atoms with Crippen LogP contribution in [0.4, 0.5) is 0 Å². The van der Waals surface area contributed by atoms with Gasteiger partial charge in [-0.1, -0.05) is 59.6 Å². The Bertz CT molecular complexity index is 927. The number of esters is 1. The monoisotopic (exact) mass is 419 g/mol. The first-order chi connectivity index (χ1) is 13.4. The van der Waals surface area contributed by atoms with E-state index in [-0.39, 0.29) is 24.5 Å². The highest BCUT2D eigenvalue weighted by Gasteiger charge is 2.43. The summed E-state index contributed by atoms with van der Waals surface area (Å²) >= 11 is 12.0. The van der Waals surface area contributed by atoms with E-state index in [1.54, 1.807) is 25.1 Å². The van der Waals surface area contributed by atoms with Crippen LogP contribution in [-0.4, -0.2) is 34.5 Å². The molecular formula is C21H19Cl2NO4. The summed E-state index contributed by atoms with van der Waals surface area (Å²) in [7, 11) is 0. The van der Waals surface area contributed by atoms with Gasteiger partial charge in [-0.05, 0) is 30.2 Å². The topological polar surface area (TPSA) is 66.8 Å². The fourth-order valence-corrected chi connectivity index (χ4v) is 3.49. The second kappa shape index (κ2) is 8.67. The second-order valence-electron chi connectivity index (χ2n) is 6.37. The molecule has 0 saturated carbocycles. The molecule has 7 heteroatoms. The van der Waals surface area contributed by atoms with Crippen LogP contribution in [0.3, 0.4) is 0 Å². The van der Waals surface area contributed by atoms with Gasteiger partial charge in [0.15, 0.2) is 5.57 Å². The number of amides is 1. The van der Waals surface area contributed by atoms with Crippen LogP contribution in [0.5, 0.6) is 0 Å². The van der Waals surface area contributed by atoms with Gasteiger partial charge in [-0.3, -0.25) is 4.79 Å². The number of aliphatic hydroxyl groups excluding tert-OH is 1. The molecule has 0 aliphatic carbocycles. The highest BCUT2D eigenvalue weighted by atomic mass is 35.5. The number of hydrogen-bond donors (Lipinski definition) is 1. The average molecular weight is 420 g/mol. The molecule has 5 nitrogen and oxygen atoms in total. The summed E-state index contributed by atoms with van der Waals surface area (Å²) in [6, 6.07) is 13.8. The Morgan fingerprint density at radius 1 is 1.11 bits per heavy atom. The summed E-state index contributed by atoms with van der Waals surface area (Å²) in [5.74, 6) is -1.66. The molecule has 146 valence electrons. The predicted molar refractivity (Wildman–Crippen MR) is 107 cm³/mol. The molecule has 1 amide bonds. The molecule has 0 aromatic heterocycles. The van der Waals surface area contributed by atoms with Crippen LogP contribution < -0.4 is 0 Å². The van der Waals surface area contributed by atoms with Crippen molar-refractivity contribution in [2.75, 3.05) is 6.61 Å². The minimum Gasteiger partial charge on any atom is -0.509 e. The quantitative estimate of drug-likeness (QED) is 0.558. The molecule has 3 rings (SSSR count). The summed E-state index contributed by atoms with van der Waals surface area (Å²) in [6.07, 6.45) is 0.364. The Labute approximate surface area is 173 Å². The van der Waals surface area contributed by atoms with Gasteiger partial charge in [0.25, 0.3) is 5.91 Å². The standard InChI is InChI=1S/C21H19Cl2NO4/c1-2-28-21(27)18-19(25)17(11-13-6-4-3-5-7-13)24(20(18)26)12-14-8-9-15(22)16(23)10-14/h3-10,17,25H,2,11-12H2,1H3/t17-/m0/s1. The Kier molecular flexibility index (Phi) is 6.27. The third kappa shape index (κ3) is 4.16. The van der Waals surface area contributed by atoms with Gasteiger partial charge in [0.05, 0.1) is 22.7 Å². The van der Waals surface area contributed by atoms with Gasteiger partial charge in [-0.25, -0.2) is 4.79 Å². The Balaban J connectivity index is 1.94. The van der Waals surface area contributed by atoms with Gasteiger partial charge in [-0.15, -0.1) is 0 Å². The molecule has 2 aromatic rings. The highest BCUT2D eigenvalue weighted by molar-refractivity contribution is 6.42. The van der Waals surface area contributed by atoms with Crippen LogP contribution in [0.25, 0.3) is 0 Å². The SMILES string of the molecule is CCOC(=O)C1=C(O)[C@H](Cc2ccccc2)N(Cc2ccc(Cl)c(Cl)c2)C1=O. The third-order valence-corrected chi connectivity index (χ3v) is 5.25. The van der Waals surface area contributed by atoms with E-state index in [2.05, 4.69) is 0 Å². The largest absolute Gasteiger partial charge is 0.509 e. The zero-order valence-electron chi connectivity index (χ0n) is 15.2. The molecule has 0 radical (unpaired) electrons. The maximum atomic E-state index is 12.9. The van der Waals surface area contributed by atoms with Crippen molar-refractivity contribution in [3.05, 3.63) is 81.0 Å². The number of ether oxygens (including phenoxy) is 1. The number of aliphatic hydroxyl groups is 1. The van der Waals surface area contributed by atoms with E-state index in [1.807, 2.05) is 30.3 Å². The van der Waals surface area contributed by atoms with Gasteiger partial charge in [0, 0.05) is 13.0 Å². The summed E-state index contributed by atoms with van der Waals surface area (Å²) in [5, 5.41) is 11.5. The number of nitrogens with zero attached hydrogens (tertiary/aromatic N) is 1. The van der Waals surface area contributed by atoms with E-state index in [9.17, 15) is 14.7 Å². The zero-order valence-corrected chi connectivity index (χ0v) is 16.7. The summed E-state index contributed by atoms with van der Waals surface area (Å²) in [4.78, 5) is 26.6. The molecule has 2 aromatic carbocycles. The van der Waals surface area contributed by atoms with Crippen LogP contribution in [0.1, 0.15) is 18.1 Å². The van der Waals surface area contributed by atoms with E-state index in [0.29, 0.717) is 16.5 Å². The van der Waals surface area contributed by atoms with Crippen molar-refractivity contribution in [3.63, 3.8) is 0 Å². The molecule has 1 N–H and O–H groups in total. The van der Waals surface area contributed by atoms with Crippen LogP contribution in [0.15, 0.2) is 59.9 Å². The maximum absolute atomic E-state index is 12.9. The van der Waals surface area contributed by atoms with E-state index >= 15 is 0 Å². The lowest BCUT2D eigenvalue weighted by atomic mass is 10.0. The molecule has 0 fully saturated rings. The lowest BCUT2D eigenvalue weighted by molar-refractivity contribution is -0.141. The lowest BCUT2D eigenvalue weighted by Gasteiger charge is -2.25. The summed E-state index contributed by atoms with van der Waals surface area (Å²) in [5.41, 5.74) is 1.35. The molecule has 1 aliphatic rings. The molecule has 1 heterocycles. The normalized spacial score (nSPS) is 16.6. The van der Waals surface area contributed by atoms with Crippen LogP contribution in [0, 0.1) is 0 Å². The molecule has 1 atom stereocenters. The first kappa shape index (κ1) is 20.2. The van der Waals surface area contributed by atoms with Crippen LogP contribution >= 0.6 is 23.2 Å². The van der Waals surface area contributed by atoms with Crippen molar-refractivity contribution in [1.82, 2.24) is 4.90 Å². The number of benzene rings is 2. The fraction of sp³-hybridized carbons (Fsp3) is 0.238. The van der Waals surface area contributed by atoms with E-state index < -0.39 is 17.9 Å². The summed E-state index contributed by atoms with van der Waals surface area (Å²) < 4.78 is 4.96. The van der Waals surface area contributed by atoms with Crippen molar-refractivity contribution >= 4 is 35.1 Å². The number of halogens is 2. The third-order valence-electron chi connectivity index (χ3n) is 4.51. The van der Waals surface area contributed by atoms with Gasteiger partial charge < -0.3 is 14.7 Å². The minimum atomic E-state index is -0.820. The molecule has 28 heavy (non-hydrogen) atoms. The van der Waals surface area contributed by atoms with Crippen molar-refractivity contribution in [1.29, 1.82) is 0 Å². The number of hydrogen-bond acceptors (Lipinski definition) is 4. The molecule has 0 unspecified atom stereocenters. The van der Waals surface area contributed by atoms with Gasteiger partial charge in [0.2, 0.25) is 0 Å². The lowest BCUT2D eigenvalue weighted by Crippen LogP contribution is -2.37. The van der Waals surface area contributed by atoms with Gasteiger partial charge in [0.1, 0.15) is 5.76 Å². The van der Waals surface area contributed by atoms with Gasteiger partial charge in [-0.2, -0.15) is 0 Å². The molecule has 1 aliphatic heterocycles.